The van der Waals surface area contributed by atoms with Gasteiger partial charge in [-0.15, -0.1) is 0 Å². The highest BCUT2D eigenvalue weighted by Crippen LogP contribution is 2.27. The fourth-order valence-corrected chi connectivity index (χ4v) is 2.76. The first-order valence-electron chi connectivity index (χ1n) is 9.73. The second kappa shape index (κ2) is 9.31. The zero-order valence-electron chi connectivity index (χ0n) is 17.4. The molecule has 0 aliphatic rings. The van der Waals surface area contributed by atoms with Crippen LogP contribution in [0.5, 0.6) is 11.6 Å². The fourth-order valence-electron chi connectivity index (χ4n) is 2.76. The number of benzene rings is 2. The molecule has 0 radical (unpaired) electrons. The van der Waals surface area contributed by atoms with Gasteiger partial charge >= 0.3 is 5.97 Å². The Bertz CT molecular complexity index is 980. The highest BCUT2D eigenvalue weighted by atomic mass is 16.5. The van der Waals surface area contributed by atoms with Crippen molar-refractivity contribution in [3.05, 3.63) is 72.3 Å². The van der Waals surface area contributed by atoms with Crippen LogP contribution in [0.4, 0.5) is 5.69 Å². The van der Waals surface area contributed by atoms with E-state index >= 15 is 0 Å². The van der Waals surface area contributed by atoms with E-state index in [1.807, 2.05) is 75.4 Å². The van der Waals surface area contributed by atoms with E-state index in [0.717, 1.165) is 22.5 Å². The predicted octanol–water partition coefficient (Wildman–Crippen LogP) is 5.00. The molecular weight excluding hydrogens is 380 g/mol. The van der Waals surface area contributed by atoms with Crippen LogP contribution in [-0.2, 0) is 11.3 Å². The Hall–Kier alpha value is -3.54. The van der Waals surface area contributed by atoms with E-state index in [0.29, 0.717) is 18.2 Å². The summed E-state index contributed by atoms with van der Waals surface area (Å²) in [6.07, 6.45) is 0. The van der Waals surface area contributed by atoms with Crippen LogP contribution in [0, 0.1) is 0 Å². The molecule has 2 N–H and O–H groups in total. The summed E-state index contributed by atoms with van der Waals surface area (Å²) in [6, 6.07) is 21.2. The Kier molecular flexibility index (Phi) is 6.57. The number of carboxylic acid groups (broad SMARTS) is 1. The van der Waals surface area contributed by atoms with Crippen LogP contribution in [0.15, 0.2) is 66.7 Å². The molecule has 0 unspecified atom stereocenters. The topological polar surface area (TPSA) is 80.7 Å². The summed E-state index contributed by atoms with van der Waals surface area (Å²) in [6.45, 7) is 6.16. The quantitative estimate of drug-likeness (QED) is 0.548. The molecule has 1 heterocycles. The molecule has 30 heavy (non-hydrogen) atoms. The molecule has 0 fully saturated rings. The van der Waals surface area contributed by atoms with Gasteiger partial charge in [0.05, 0.1) is 5.69 Å². The molecular formula is C24H26N2O4. The lowest BCUT2D eigenvalue weighted by molar-refractivity contribution is -0.139. The van der Waals surface area contributed by atoms with Gasteiger partial charge in [-0.3, -0.25) is 0 Å². The minimum absolute atomic E-state index is 0.361. The van der Waals surface area contributed by atoms with Gasteiger partial charge in [-0.2, -0.15) is 0 Å². The normalized spacial score (nSPS) is 11.0. The monoisotopic (exact) mass is 406 g/mol. The lowest BCUT2D eigenvalue weighted by Crippen LogP contribution is -2.24. The van der Waals surface area contributed by atoms with Gasteiger partial charge in [-0.05, 0) is 57.2 Å². The lowest BCUT2D eigenvalue weighted by Gasteiger charge is -2.23. The SMILES string of the molecule is CC(C)(C)Oc1nc(-c2ccccc2)ccc1CNc1ccc(OCC(=O)O)cc1. The maximum atomic E-state index is 10.6. The van der Waals surface area contributed by atoms with E-state index in [1.54, 1.807) is 12.1 Å². The molecule has 0 spiro atoms. The zero-order chi connectivity index (χ0) is 21.6. The molecule has 156 valence electrons. The molecule has 0 aliphatic heterocycles. The van der Waals surface area contributed by atoms with Gasteiger partial charge in [0.1, 0.15) is 11.4 Å². The molecule has 0 amide bonds. The third kappa shape index (κ3) is 6.24. The summed E-state index contributed by atoms with van der Waals surface area (Å²) in [5, 5.41) is 12.0. The third-order valence-corrected chi connectivity index (χ3v) is 4.11. The minimum atomic E-state index is -1.00. The average Bonchev–Trinajstić information content (AvgIpc) is 2.71. The molecule has 0 saturated heterocycles. The number of aromatic nitrogens is 1. The van der Waals surface area contributed by atoms with E-state index in [1.165, 1.54) is 0 Å². The molecule has 0 atom stereocenters. The summed E-state index contributed by atoms with van der Waals surface area (Å²) < 4.78 is 11.3. The summed E-state index contributed by atoms with van der Waals surface area (Å²) >= 11 is 0. The van der Waals surface area contributed by atoms with Crippen molar-refractivity contribution >= 4 is 11.7 Å². The number of nitrogens with one attached hydrogen (secondary N) is 1. The number of pyridine rings is 1. The number of aliphatic carboxylic acids is 1. The second-order valence-electron chi connectivity index (χ2n) is 7.80. The van der Waals surface area contributed by atoms with Crippen LogP contribution in [0.2, 0.25) is 0 Å². The fraction of sp³-hybridized carbons (Fsp3) is 0.250. The van der Waals surface area contributed by atoms with Crippen LogP contribution in [0.1, 0.15) is 26.3 Å². The van der Waals surface area contributed by atoms with Gasteiger partial charge in [0.15, 0.2) is 6.61 Å². The van der Waals surface area contributed by atoms with Gasteiger partial charge in [-0.25, -0.2) is 9.78 Å². The molecule has 3 rings (SSSR count). The minimum Gasteiger partial charge on any atom is -0.482 e. The van der Waals surface area contributed by atoms with Crippen molar-refractivity contribution in [2.24, 2.45) is 0 Å². The summed E-state index contributed by atoms with van der Waals surface area (Å²) in [5.74, 6) is 0.0985. The van der Waals surface area contributed by atoms with Crippen molar-refractivity contribution in [1.29, 1.82) is 0 Å². The Morgan fingerprint density at radius 1 is 1.00 bits per heavy atom. The number of ether oxygens (including phenoxy) is 2. The van der Waals surface area contributed by atoms with Crippen LogP contribution in [0.3, 0.4) is 0 Å². The molecule has 6 nitrogen and oxygen atoms in total. The number of hydrogen-bond donors (Lipinski definition) is 2. The van der Waals surface area contributed by atoms with Gasteiger partial charge in [0.25, 0.3) is 0 Å². The molecule has 0 aliphatic carbocycles. The van der Waals surface area contributed by atoms with Crippen molar-refractivity contribution in [2.75, 3.05) is 11.9 Å². The lowest BCUT2D eigenvalue weighted by atomic mass is 10.1. The van der Waals surface area contributed by atoms with Crippen LogP contribution in [0.25, 0.3) is 11.3 Å². The Balaban J connectivity index is 1.75. The molecule has 0 bridgehead atoms. The van der Waals surface area contributed by atoms with Gasteiger partial charge in [0.2, 0.25) is 5.88 Å². The first-order chi connectivity index (χ1) is 14.3. The zero-order valence-corrected chi connectivity index (χ0v) is 17.4. The summed E-state index contributed by atoms with van der Waals surface area (Å²) in [5.41, 5.74) is 3.34. The van der Waals surface area contributed by atoms with Crippen molar-refractivity contribution < 1.29 is 19.4 Å². The molecule has 2 aromatic carbocycles. The van der Waals surface area contributed by atoms with Crippen LogP contribution in [-0.4, -0.2) is 28.3 Å². The maximum absolute atomic E-state index is 10.6. The smallest absolute Gasteiger partial charge is 0.341 e. The van der Waals surface area contributed by atoms with Crippen LogP contribution < -0.4 is 14.8 Å². The third-order valence-electron chi connectivity index (χ3n) is 4.11. The van der Waals surface area contributed by atoms with Gasteiger partial charge in [0, 0.05) is 23.4 Å². The Morgan fingerprint density at radius 3 is 2.33 bits per heavy atom. The number of rotatable bonds is 8. The Morgan fingerprint density at radius 2 is 1.70 bits per heavy atom. The van der Waals surface area contributed by atoms with E-state index in [4.69, 9.17) is 19.6 Å². The van der Waals surface area contributed by atoms with Crippen molar-refractivity contribution in [3.8, 4) is 22.9 Å². The van der Waals surface area contributed by atoms with Gasteiger partial charge in [-0.1, -0.05) is 30.3 Å². The molecule has 0 saturated carbocycles. The molecule has 1 aromatic heterocycles. The van der Waals surface area contributed by atoms with Crippen molar-refractivity contribution in [1.82, 2.24) is 4.98 Å². The standard InChI is InChI=1S/C24H26N2O4/c1-24(2,3)30-23-18(9-14-21(26-23)17-7-5-4-6-8-17)15-25-19-10-12-20(13-11-19)29-16-22(27)28/h4-14,25H,15-16H2,1-3H3,(H,27,28). The van der Waals surface area contributed by atoms with Gasteiger partial charge < -0.3 is 19.9 Å². The largest absolute Gasteiger partial charge is 0.482 e. The van der Waals surface area contributed by atoms with Crippen molar-refractivity contribution in [3.63, 3.8) is 0 Å². The van der Waals surface area contributed by atoms with E-state index in [9.17, 15) is 4.79 Å². The number of carboxylic acids is 1. The number of anilines is 1. The summed E-state index contributed by atoms with van der Waals surface area (Å²) in [7, 11) is 0. The second-order valence-corrected chi connectivity index (χ2v) is 7.80. The summed E-state index contributed by atoms with van der Waals surface area (Å²) in [4.78, 5) is 15.3. The van der Waals surface area contributed by atoms with E-state index in [2.05, 4.69) is 5.32 Å². The van der Waals surface area contributed by atoms with Crippen LogP contribution >= 0.6 is 0 Å². The van der Waals surface area contributed by atoms with Crippen molar-refractivity contribution in [2.45, 2.75) is 32.9 Å². The molecule has 3 aromatic rings. The van der Waals surface area contributed by atoms with E-state index < -0.39 is 5.97 Å². The number of nitrogens with zero attached hydrogens (tertiary/aromatic N) is 1. The first-order valence-corrected chi connectivity index (χ1v) is 9.73. The maximum Gasteiger partial charge on any atom is 0.341 e. The molecule has 6 heteroatoms. The average molecular weight is 406 g/mol. The predicted molar refractivity (Wildman–Crippen MR) is 117 cm³/mol. The highest BCUT2D eigenvalue weighted by Gasteiger charge is 2.17. The van der Waals surface area contributed by atoms with E-state index in [-0.39, 0.29) is 12.2 Å². The highest BCUT2D eigenvalue weighted by molar-refractivity contribution is 5.68. The number of hydrogen-bond acceptors (Lipinski definition) is 5. The number of carbonyl (C=O) groups is 1. The first kappa shape index (κ1) is 21.2. The Labute approximate surface area is 176 Å².